The number of nitrogens with one attached hydrogen (secondary N) is 1. The molecule has 166 valence electrons. The van der Waals surface area contributed by atoms with Gasteiger partial charge in [-0.05, 0) is 63.3 Å². The Bertz CT molecular complexity index is 1260. The van der Waals surface area contributed by atoms with Crippen LogP contribution in [0.1, 0.15) is 41.1 Å². The van der Waals surface area contributed by atoms with Crippen LogP contribution in [0.15, 0.2) is 29.1 Å². The van der Waals surface area contributed by atoms with E-state index in [1.165, 1.54) is 4.57 Å². The molecule has 32 heavy (non-hydrogen) atoms. The molecule has 1 aromatic carbocycles. The Hall–Kier alpha value is -3.62. The number of fused-ring (bicyclic) bond motifs is 2. The largest absolute Gasteiger partial charge is 0.454 e. The average Bonchev–Trinajstić information content (AvgIpc) is 3.39. The van der Waals surface area contributed by atoms with Crippen LogP contribution in [0.25, 0.3) is 5.95 Å². The minimum Gasteiger partial charge on any atom is -0.454 e. The Kier molecular flexibility index (Phi) is 5.16. The van der Waals surface area contributed by atoms with E-state index in [0.717, 1.165) is 41.9 Å². The van der Waals surface area contributed by atoms with Crippen molar-refractivity contribution in [2.75, 3.05) is 6.79 Å². The number of ether oxygens (including phenoxy) is 2. The summed E-state index contributed by atoms with van der Waals surface area (Å²) in [5.74, 6) is 1.48. The molecule has 0 radical (unpaired) electrons. The summed E-state index contributed by atoms with van der Waals surface area (Å²) in [4.78, 5) is 30.9. The molecule has 1 amide bonds. The minimum atomic E-state index is -0.273. The normalized spacial score (nSPS) is 14.3. The fourth-order valence-corrected chi connectivity index (χ4v) is 4.26. The van der Waals surface area contributed by atoms with Crippen molar-refractivity contribution < 1.29 is 14.3 Å². The van der Waals surface area contributed by atoms with Crippen LogP contribution >= 0.6 is 0 Å². The molecule has 1 N–H and O–H groups in total. The highest BCUT2D eigenvalue weighted by Crippen LogP contribution is 2.32. The van der Waals surface area contributed by atoms with Gasteiger partial charge >= 0.3 is 0 Å². The van der Waals surface area contributed by atoms with Crippen molar-refractivity contribution in [2.24, 2.45) is 0 Å². The first-order chi connectivity index (χ1) is 15.5. The molecule has 5 rings (SSSR count). The number of rotatable bonds is 5. The Morgan fingerprint density at radius 1 is 1.12 bits per heavy atom. The first-order valence-electron chi connectivity index (χ1n) is 10.8. The van der Waals surface area contributed by atoms with Gasteiger partial charge in [0.1, 0.15) is 6.54 Å². The summed E-state index contributed by atoms with van der Waals surface area (Å²) >= 11 is 0. The predicted octanol–water partition coefficient (Wildman–Crippen LogP) is 1.97. The molecule has 0 saturated carbocycles. The van der Waals surface area contributed by atoms with Crippen molar-refractivity contribution in [1.29, 1.82) is 0 Å². The quantitative estimate of drug-likeness (QED) is 0.658. The minimum absolute atomic E-state index is 0.128. The molecular formula is C23H25N5O4. The number of hydrogen-bond donors (Lipinski definition) is 1. The molecule has 3 heterocycles. The maximum Gasteiger partial charge on any atom is 0.258 e. The van der Waals surface area contributed by atoms with E-state index in [2.05, 4.69) is 10.4 Å². The third kappa shape index (κ3) is 3.74. The third-order valence-corrected chi connectivity index (χ3v) is 5.85. The number of aryl methyl sites for hydroxylation is 3. The van der Waals surface area contributed by atoms with Crippen molar-refractivity contribution in [3.05, 3.63) is 62.8 Å². The van der Waals surface area contributed by atoms with Crippen molar-refractivity contribution in [1.82, 2.24) is 24.6 Å². The second kappa shape index (κ2) is 8.14. The van der Waals surface area contributed by atoms with E-state index < -0.39 is 0 Å². The summed E-state index contributed by atoms with van der Waals surface area (Å²) in [6.45, 7) is 4.20. The first kappa shape index (κ1) is 20.3. The van der Waals surface area contributed by atoms with Crippen molar-refractivity contribution >= 4 is 5.91 Å². The van der Waals surface area contributed by atoms with Crippen molar-refractivity contribution in [3.8, 4) is 17.4 Å². The highest BCUT2D eigenvalue weighted by Gasteiger charge is 2.23. The highest BCUT2D eigenvalue weighted by atomic mass is 16.7. The molecule has 1 aliphatic carbocycles. The van der Waals surface area contributed by atoms with Gasteiger partial charge in [0.2, 0.25) is 18.6 Å². The van der Waals surface area contributed by atoms with Gasteiger partial charge in [-0.15, -0.1) is 0 Å². The van der Waals surface area contributed by atoms with Crippen LogP contribution in [0.5, 0.6) is 11.5 Å². The molecule has 9 heteroatoms. The summed E-state index contributed by atoms with van der Waals surface area (Å²) in [7, 11) is 0. The van der Waals surface area contributed by atoms with Crippen LogP contribution < -0.4 is 20.3 Å². The van der Waals surface area contributed by atoms with E-state index in [1.807, 2.05) is 38.1 Å². The van der Waals surface area contributed by atoms with Crippen LogP contribution in [0, 0.1) is 13.8 Å². The van der Waals surface area contributed by atoms with Gasteiger partial charge in [-0.25, -0.2) is 9.67 Å². The lowest BCUT2D eigenvalue weighted by atomic mass is 9.97. The maximum atomic E-state index is 13.3. The number of benzene rings is 1. The fraction of sp³-hybridized carbons (Fsp3) is 0.391. The molecule has 0 fully saturated rings. The molecule has 3 aromatic rings. The van der Waals surface area contributed by atoms with E-state index in [1.54, 1.807) is 4.68 Å². The summed E-state index contributed by atoms with van der Waals surface area (Å²) in [5.41, 5.74) is 3.95. The first-order valence-corrected chi connectivity index (χ1v) is 10.8. The standard InChI is InChI=1S/C23H25N5O4/c1-14-9-15(2)28(26-14)23-25-18-6-4-3-5-17(18)22(30)27(23)12-21(29)24-11-16-7-8-19-20(10-16)32-13-31-19/h7-10H,3-6,11-13H2,1-2H3,(H,24,29). The van der Waals surface area contributed by atoms with E-state index in [-0.39, 0.29) is 24.8 Å². The molecule has 1 aliphatic heterocycles. The van der Waals surface area contributed by atoms with Crippen LogP contribution in [-0.4, -0.2) is 32.0 Å². The van der Waals surface area contributed by atoms with Gasteiger partial charge in [-0.3, -0.25) is 14.2 Å². The topological polar surface area (TPSA) is 100 Å². The fourth-order valence-electron chi connectivity index (χ4n) is 4.26. The predicted molar refractivity (Wildman–Crippen MR) is 116 cm³/mol. The zero-order valence-electron chi connectivity index (χ0n) is 18.2. The Morgan fingerprint density at radius 3 is 2.75 bits per heavy atom. The van der Waals surface area contributed by atoms with Crippen LogP contribution in [0.2, 0.25) is 0 Å². The molecule has 0 saturated heterocycles. The smallest absolute Gasteiger partial charge is 0.258 e. The zero-order chi connectivity index (χ0) is 22.2. The molecule has 9 nitrogen and oxygen atoms in total. The molecule has 2 aliphatic rings. The Morgan fingerprint density at radius 2 is 1.94 bits per heavy atom. The third-order valence-electron chi connectivity index (χ3n) is 5.85. The Labute approximate surface area is 185 Å². The van der Waals surface area contributed by atoms with Gasteiger partial charge in [0.25, 0.3) is 5.56 Å². The summed E-state index contributed by atoms with van der Waals surface area (Å²) in [6.07, 6.45) is 3.43. The molecule has 0 atom stereocenters. The lowest BCUT2D eigenvalue weighted by Gasteiger charge is -2.20. The van der Waals surface area contributed by atoms with Gasteiger partial charge in [0.15, 0.2) is 11.5 Å². The van der Waals surface area contributed by atoms with Gasteiger partial charge in [-0.2, -0.15) is 5.10 Å². The molecule has 2 aromatic heterocycles. The molecule has 0 spiro atoms. The summed E-state index contributed by atoms with van der Waals surface area (Å²) in [5, 5.41) is 7.39. The zero-order valence-corrected chi connectivity index (χ0v) is 18.2. The number of hydrogen-bond acceptors (Lipinski definition) is 6. The highest BCUT2D eigenvalue weighted by molar-refractivity contribution is 5.76. The molecule has 0 unspecified atom stereocenters. The average molecular weight is 435 g/mol. The number of amides is 1. The van der Waals surface area contributed by atoms with Gasteiger partial charge in [0, 0.05) is 17.8 Å². The second-order valence-electron chi connectivity index (χ2n) is 8.24. The van der Waals surface area contributed by atoms with E-state index in [4.69, 9.17) is 14.5 Å². The van der Waals surface area contributed by atoms with Crippen LogP contribution in [-0.2, 0) is 30.7 Å². The number of aromatic nitrogens is 4. The van der Waals surface area contributed by atoms with Crippen LogP contribution in [0.3, 0.4) is 0 Å². The summed E-state index contributed by atoms with van der Waals surface area (Å²) in [6, 6.07) is 7.47. The second-order valence-corrected chi connectivity index (χ2v) is 8.24. The van der Waals surface area contributed by atoms with E-state index in [9.17, 15) is 9.59 Å². The molecule has 0 bridgehead atoms. The van der Waals surface area contributed by atoms with E-state index >= 15 is 0 Å². The lowest BCUT2D eigenvalue weighted by Crippen LogP contribution is -2.37. The SMILES string of the molecule is Cc1cc(C)n(-c2nc3c(c(=O)n2CC(=O)NCc2ccc4c(c2)OCO4)CCCC3)n1. The van der Waals surface area contributed by atoms with Crippen molar-refractivity contribution in [3.63, 3.8) is 0 Å². The van der Waals surface area contributed by atoms with Gasteiger partial charge in [-0.1, -0.05) is 6.07 Å². The monoisotopic (exact) mass is 435 g/mol. The Balaban J connectivity index is 1.42. The maximum absolute atomic E-state index is 13.3. The summed E-state index contributed by atoms with van der Waals surface area (Å²) < 4.78 is 13.8. The molecular weight excluding hydrogens is 410 g/mol. The van der Waals surface area contributed by atoms with Crippen LogP contribution in [0.4, 0.5) is 0 Å². The van der Waals surface area contributed by atoms with Gasteiger partial charge in [0.05, 0.1) is 11.4 Å². The van der Waals surface area contributed by atoms with Crippen molar-refractivity contribution in [2.45, 2.75) is 52.6 Å². The number of nitrogens with zero attached hydrogens (tertiary/aromatic N) is 4. The van der Waals surface area contributed by atoms with Gasteiger partial charge < -0.3 is 14.8 Å². The number of carbonyl (C=O) groups is 1. The van der Waals surface area contributed by atoms with E-state index in [0.29, 0.717) is 36.0 Å². The lowest BCUT2D eigenvalue weighted by molar-refractivity contribution is -0.121. The number of carbonyl (C=O) groups excluding carboxylic acids is 1.